The maximum atomic E-state index is 12.9. The molecule has 29 heavy (non-hydrogen) atoms. The molecule has 8 heteroatoms. The van der Waals surface area contributed by atoms with E-state index in [1.165, 1.54) is 36.9 Å². The SMILES string of the molecule is C=CCN1C(=O)/C(=C/c2cc(OC)c(O)c(OC)c2)SC1=Nc1cccc(O)c1. The fraction of sp³-hybridized carbons (Fsp3) is 0.143. The van der Waals surface area contributed by atoms with Crippen LogP contribution in [0.3, 0.4) is 0 Å². The van der Waals surface area contributed by atoms with E-state index in [0.29, 0.717) is 27.9 Å². The minimum absolute atomic E-state index is 0.0930. The minimum Gasteiger partial charge on any atom is -0.508 e. The quantitative estimate of drug-likeness (QED) is 0.552. The number of aliphatic imine (C=N–C) groups is 1. The van der Waals surface area contributed by atoms with Crippen LogP contribution in [-0.2, 0) is 4.79 Å². The summed E-state index contributed by atoms with van der Waals surface area (Å²) in [7, 11) is 2.87. The van der Waals surface area contributed by atoms with Crippen molar-refractivity contribution in [2.24, 2.45) is 4.99 Å². The molecule has 1 aliphatic heterocycles. The summed E-state index contributed by atoms with van der Waals surface area (Å²) in [6, 6.07) is 9.71. The van der Waals surface area contributed by atoms with Crippen LogP contribution in [0.2, 0.25) is 0 Å². The zero-order chi connectivity index (χ0) is 21.0. The van der Waals surface area contributed by atoms with Crippen molar-refractivity contribution in [1.82, 2.24) is 4.90 Å². The molecule has 1 saturated heterocycles. The van der Waals surface area contributed by atoms with E-state index in [9.17, 15) is 15.0 Å². The van der Waals surface area contributed by atoms with E-state index in [1.807, 2.05) is 0 Å². The molecule has 0 atom stereocenters. The molecule has 0 aromatic heterocycles. The van der Waals surface area contributed by atoms with E-state index in [4.69, 9.17) is 9.47 Å². The average molecular weight is 412 g/mol. The third kappa shape index (κ3) is 4.38. The zero-order valence-corrected chi connectivity index (χ0v) is 16.8. The van der Waals surface area contributed by atoms with Gasteiger partial charge >= 0.3 is 0 Å². The first kappa shape index (κ1) is 20.3. The molecule has 0 saturated carbocycles. The van der Waals surface area contributed by atoms with Gasteiger partial charge in [0, 0.05) is 12.6 Å². The lowest BCUT2D eigenvalue weighted by Gasteiger charge is -2.12. The molecule has 2 aromatic rings. The third-order valence-corrected chi connectivity index (χ3v) is 5.06. The van der Waals surface area contributed by atoms with Gasteiger partial charge < -0.3 is 19.7 Å². The number of hydrogen-bond donors (Lipinski definition) is 2. The molecule has 7 nitrogen and oxygen atoms in total. The molecule has 2 aromatic carbocycles. The van der Waals surface area contributed by atoms with E-state index >= 15 is 0 Å². The van der Waals surface area contributed by atoms with Crippen LogP contribution in [0.15, 0.2) is 59.0 Å². The van der Waals surface area contributed by atoms with Crippen LogP contribution in [0.4, 0.5) is 5.69 Å². The number of carbonyl (C=O) groups is 1. The summed E-state index contributed by atoms with van der Waals surface area (Å²) < 4.78 is 10.3. The largest absolute Gasteiger partial charge is 0.508 e. The second-order valence-corrected chi connectivity index (χ2v) is 7.01. The first-order valence-electron chi connectivity index (χ1n) is 8.61. The number of phenols is 2. The van der Waals surface area contributed by atoms with E-state index in [2.05, 4.69) is 11.6 Å². The van der Waals surface area contributed by atoms with Gasteiger partial charge in [0.05, 0.1) is 24.8 Å². The Hall–Kier alpha value is -3.39. The highest BCUT2D eigenvalue weighted by molar-refractivity contribution is 8.18. The van der Waals surface area contributed by atoms with E-state index in [-0.39, 0.29) is 28.9 Å². The molecular weight excluding hydrogens is 392 g/mol. The summed E-state index contributed by atoms with van der Waals surface area (Å²) in [5, 5.41) is 20.2. The standard InChI is InChI=1S/C21H20N2O5S/c1-4-8-23-20(26)18(29-21(23)22-14-6-5-7-15(24)12-14)11-13-9-16(27-2)19(25)17(10-13)28-3/h4-7,9-12,24-25H,1,8H2,2-3H3/b18-11-,22-21?. The Balaban J connectivity index is 2.00. The van der Waals surface area contributed by atoms with Crippen molar-refractivity contribution in [1.29, 1.82) is 0 Å². The second kappa shape index (κ2) is 8.74. The van der Waals surface area contributed by atoms with Crippen molar-refractivity contribution >= 4 is 34.6 Å². The van der Waals surface area contributed by atoms with Gasteiger partial charge in [-0.1, -0.05) is 12.1 Å². The van der Waals surface area contributed by atoms with Crippen molar-refractivity contribution in [3.63, 3.8) is 0 Å². The Morgan fingerprint density at radius 2 is 1.86 bits per heavy atom. The van der Waals surface area contributed by atoms with Crippen molar-refractivity contribution in [3.05, 3.63) is 59.5 Å². The Labute approximate surface area is 172 Å². The summed E-state index contributed by atoms with van der Waals surface area (Å²) in [5.74, 6) is 0.240. The highest BCUT2D eigenvalue weighted by atomic mass is 32.2. The number of phenolic OH excluding ortho intramolecular Hbond substituents is 2. The Kier molecular flexibility index (Phi) is 6.13. The number of nitrogens with zero attached hydrogens (tertiary/aromatic N) is 2. The number of methoxy groups -OCH3 is 2. The van der Waals surface area contributed by atoms with Crippen molar-refractivity contribution in [2.75, 3.05) is 20.8 Å². The van der Waals surface area contributed by atoms with Gasteiger partial charge in [-0.15, -0.1) is 6.58 Å². The van der Waals surface area contributed by atoms with Crippen LogP contribution in [0.5, 0.6) is 23.0 Å². The summed E-state index contributed by atoms with van der Waals surface area (Å²) in [6.07, 6.45) is 3.30. The van der Waals surface area contributed by atoms with Crippen LogP contribution < -0.4 is 9.47 Å². The van der Waals surface area contributed by atoms with Gasteiger partial charge in [0.1, 0.15) is 5.75 Å². The molecule has 0 unspecified atom stereocenters. The molecule has 1 amide bonds. The lowest BCUT2D eigenvalue weighted by molar-refractivity contribution is -0.121. The smallest absolute Gasteiger partial charge is 0.267 e. The van der Waals surface area contributed by atoms with Gasteiger partial charge in [0.25, 0.3) is 5.91 Å². The predicted molar refractivity (Wildman–Crippen MR) is 114 cm³/mol. The van der Waals surface area contributed by atoms with Gasteiger partial charge in [0.2, 0.25) is 5.75 Å². The Bertz CT molecular complexity index is 991. The van der Waals surface area contributed by atoms with Crippen LogP contribution >= 0.6 is 11.8 Å². The fourth-order valence-electron chi connectivity index (χ4n) is 2.70. The minimum atomic E-state index is -0.222. The maximum Gasteiger partial charge on any atom is 0.267 e. The zero-order valence-electron chi connectivity index (χ0n) is 16.0. The number of thioether (sulfide) groups is 1. The molecule has 0 spiro atoms. The van der Waals surface area contributed by atoms with E-state index in [0.717, 1.165) is 0 Å². The number of carbonyl (C=O) groups excluding carboxylic acids is 1. The molecule has 1 fully saturated rings. The van der Waals surface area contributed by atoms with Crippen molar-refractivity contribution in [3.8, 4) is 23.0 Å². The molecule has 0 bridgehead atoms. The Morgan fingerprint density at radius 1 is 1.17 bits per heavy atom. The van der Waals surface area contributed by atoms with Crippen LogP contribution in [0, 0.1) is 0 Å². The molecule has 150 valence electrons. The molecule has 1 aliphatic rings. The normalized spacial score (nSPS) is 16.5. The first-order chi connectivity index (χ1) is 14.0. The van der Waals surface area contributed by atoms with E-state index < -0.39 is 0 Å². The van der Waals surface area contributed by atoms with Crippen LogP contribution in [0.1, 0.15) is 5.56 Å². The molecule has 1 heterocycles. The number of rotatable bonds is 6. The number of aromatic hydroxyl groups is 2. The van der Waals surface area contributed by atoms with Crippen molar-refractivity contribution in [2.45, 2.75) is 0 Å². The van der Waals surface area contributed by atoms with Crippen molar-refractivity contribution < 1.29 is 24.5 Å². The van der Waals surface area contributed by atoms with Gasteiger partial charge in [0.15, 0.2) is 16.7 Å². The predicted octanol–water partition coefficient (Wildman–Crippen LogP) is 3.91. The summed E-state index contributed by atoms with van der Waals surface area (Å²) in [6.45, 7) is 3.99. The number of amidine groups is 1. The molecular formula is C21H20N2O5S. The van der Waals surface area contributed by atoms with Gasteiger partial charge in [-0.05, 0) is 47.7 Å². The third-order valence-electron chi connectivity index (χ3n) is 4.05. The van der Waals surface area contributed by atoms with Crippen LogP contribution in [0.25, 0.3) is 6.08 Å². The topological polar surface area (TPSA) is 91.6 Å². The lowest BCUT2D eigenvalue weighted by atomic mass is 10.1. The van der Waals surface area contributed by atoms with Gasteiger partial charge in [-0.2, -0.15) is 0 Å². The van der Waals surface area contributed by atoms with Gasteiger partial charge in [-0.3, -0.25) is 9.69 Å². The molecule has 0 radical (unpaired) electrons. The average Bonchev–Trinajstić information content (AvgIpc) is 2.98. The number of ether oxygens (including phenoxy) is 2. The molecule has 3 rings (SSSR count). The second-order valence-electron chi connectivity index (χ2n) is 6.00. The van der Waals surface area contributed by atoms with E-state index in [1.54, 1.807) is 42.5 Å². The molecule has 0 aliphatic carbocycles. The summed E-state index contributed by atoms with van der Waals surface area (Å²) in [5.41, 5.74) is 1.16. The van der Waals surface area contributed by atoms with Gasteiger partial charge in [-0.25, -0.2) is 4.99 Å². The first-order valence-corrected chi connectivity index (χ1v) is 9.43. The number of hydrogen-bond acceptors (Lipinski definition) is 7. The lowest BCUT2D eigenvalue weighted by Crippen LogP contribution is -2.29. The fourth-order valence-corrected chi connectivity index (χ4v) is 3.71. The summed E-state index contributed by atoms with van der Waals surface area (Å²) >= 11 is 1.21. The maximum absolute atomic E-state index is 12.9. The van der Waals surface area contributed by atoms with Crippen LogP contribution in [-0.4, -0.2) is 47.0 Å². The monoisotopic (exact) mass is 412 g/mol. The Morgan fingerprint density at radius 3 is 2.45 bits per heavy atom. The number of amides is 1. The summed E-state index contributed by atoms with van der Waals surface area (Å²) in [4.78, 5) is 19.3. The number of benzene rings is 2. The molecule has 2 N–H and O–H groups in total. The highest BCUT2D eigenvalue weighted by Crippen LogP contribution is 2.40. The highest BCUT2D eigenvalue weighted by Gasteiger charge is 2.32.